The highest BCUT2D eigenvalue weighted by Crippen LogP contribution is 2.29. The number of aryl methyl sites for hydroxylation is 2. The Balaban J connectivity index is 1.89. The molecule has 24 heavy (non-hydrogen) atoms. The Labute approximate surface area is 140 Å². The van der Waals surface area contributed by atoms with Crippen LogP contribution in [0.15, 0.2) is 42.5 Å². The second kappa shape index (κ2) is 8.10. The van der Waals surface area contributed by atoms with E-state index in [4.69, 9.17) is 4.74 Å². The van der Waals surface area contributed by atoms with Crippen LogP contribution in [0.25, 0.3) is 0 Å². The van der Waals surface area contributed by atoms with Crippen LogP contribution in [-0.4, -0.2) is 17.9 Å². The lowest BCUT2D eigenvalue weighted by molar-refractivity contribution is -0.385. The standard InChI is InChI=1S/C18H20N2O4/c1-13-6-8-14(9-7-13)4-3-5-18(21)19-15-10-11-17(24-2)16(12-15)20(22)23/h6-12H,3-5H2,1-2H3,(H,19,21). The van der Waals surface area contributed by atoms with Crippen molar-refractivity contribution < 1.29 is 14.5 Å². The summed E-state index contributed by atoms with van der Waals surface area (Å²) >= 11 is 0. The Bertz CT molecular complexity index is 726. The zero-order valence-corrected chi connectivity index (χ0v) is 13.7. The van der Waals surface area contributed by atoms with E-state index < -0.39 is 4.92 Å². The van der Waals surface area contributed by atoms with Gasteiger partial charge in [-0.3, -0.25) is 14.9 Å². The number of nitro groups is 1. The first-order chi connectivity index (χ1) is 11.5. The third kappa shape index (κ3) is 4.81. The number of hydrogen-bond donors (Lipinski definition) is 1. The maximum atomic E-state index is 12.0. The second-order valence-corrected chi connectivity index (χ2v) is 5.53. The molecule has 0 aromatic heterocycles. The van der Waals surface area contributed by atoms with E-state index in [1.165, 1.54) is 30.4 Å². The lowest BCUT2D eigenvalue weighted by Gasteiger charge is -2.07. The van der Waals surface area contributed by atoms with E-state index in [1.54, 1.807) is 6.07 Å². The zero-order valence-electron chi connectivity index (χ0n) is 13.7. The van der Waals surface area contributed by atoms with Gasteiger partial charge in [-0.25, -0.2) is 0 Å². The van der Waals surface area contributed by atoms with Crippen molar-refractivity contribution >= 4 is 17.3 Å². The van der Waals surface area contributed by atoms with Crippen molar-refractivity contribution in [3.8, 4) is 5.75 Å². The van der Waals surface area contributed by atoms with Crippen molar-refractivity contribution in [2.24, 2.45) is 0 Å². The molecule has 0 radical (unpaired) electrons. The number of ether oxygens (including phenoxy) is 1. The molecular weight excluding hydrogens is 308 g/mol. The molecule has 0 saturated carbocycles. The average molecular weight is 328 g/mol. The number of rotatable bonds is 7. The van der Waals surface area contributed by atoms with Gasteiger partial charge in [0.1, 0.15) is 0 Å². The Morgan fingerprint density at radius 2 is 1.92 bits per heavy atom. The summed E-state index contributed by atoms with van der Waals surface area (Å²) in [5, 5.41) is 13.7. The smallest absolute Gasteiger partial charge is 0.312 e. The minimum Gasteiger partial charge on any atom is -0.490 e. The summed E-state index contributed by atoms with van der Waals surface area (Å²) in [4.78, 5) is 22.4. The normalized spacial score (nSPS) is 10.2. The quantitative estimate of drug-likeness (QED) is 0.618. The molecule has 0 aliphatic rings. The predicted octanol–water partition coefficient (Wildman–Crippen LogP) is 3.87. The molecule has 0 bridgehead atoms. The number of nitrogens with one attached hydrogen (secondary N) is 1. The fourth-order valence-corrected chi connectivity index (χ4v) is 2.34. The van der Waals surface area contributed by atoms with Gasteiger partial charge in [-0.1, -0.05) is 29.8 Å². The van der Waals surface area contributed by atoms with Gasteiger partial charge in [-0.15, -0.1) is 0 Å². The highest BCUT2D eigenvalue weighted by molar-refractivity contribution is 5.91. The lowest BCUT2D eigenvalue weighted by atomic mass is 10.1. The number of hydrogen-bond acceptors (Lipinski definition) is 4. The van der Waals surface area contributed by atoms with Crippen LogP contribution in [0.5, 0.6) is 5.75 Å². The van der Waals surface area contributed by atoms with Crippen molar-refractivity contribution in [3.63, 3.8) is 0 Å². The molecule has 126 valence electrons. The van der Waals surface area contributed by atoms with Gasteiger partial charge in [0.25, 0.3) is 0 Å². The summed E-state index contributed by atoms with van der Waals surface area (Å²) in [5.41, 5.74) is 2.61. The van der Waals surface area contributed by atoms with Crippen molar-refractivity contribution in [2.75, 3.05) is 12.4 Å². The van der Waals surface area contributed by atoms with Gasteiger partial charge < -0.3 is 10.1 Å². The molecule has 0 aliphatic carbocycles. The van der Waals surface area contributed by atoms with Crippen molar-refractivity contribution in [1.82, 2.24) is 0 Å². The molecule has 0 fully saturated rings. The fraction of sp³-hybridized carbons (Fsp3) is 0.278. The number of nitrogens with zero attached hydrogens (tertiary/aromatic N) is 1. The van der Waals surface area contributed by atoms with E-state index in [2.05, 4.69) is 17.4 Å². The summed E-state index contributed by atoms with van der Waals surface area (Å²) in [6, 6.07) is 12.6. The Kier molecular flexibility index (Phi) is 5.89. The summed E-state index contributed by atoms with van der Waals surface area (Å²) in [6.07, 6.45) is 1.89. The van der Waals surface area contributed by atoms with Crippen LogP contribution in [0.2, 0.25) is 0 Å². The van der Waals surface area contributed by atoms with Gasteiger partial charge in [0.2, 0.25) is 5.91 Å². The lowest BCUT2D eigenvalue weighted by Crippen LogP contribution is -2.11. The third-order valence-electron chi connectivity index (χ3n) is 3.65. The molecule has 0 heterocycles. The summed E-state index contributed by atoms with van der Waals surface area (Å²) < 4.78 is 4.93. The van der Waals surface area contributed by atoms with Crippen LogP contribution in [0.4, 0.5) is 11.4 Å². The number of benzene rings is 2. The van der Waals surface area contributed by atoms with E-state index in [1.807, 2.05) is 19.1 Å². The van der Waals surface area contributed by atoms with Gasteiger partial charge in [-0.05, 0) is 37.5 Å². The molecule has 2 aromatic carbocycles. The molecule has 1 amide bonds. The Morgan fingerprint density at radius 1 is 1.21 bits per heavy atom. The summed E-state index contributed by atoms with van der Waals surface area (Å²) in [6.45, 7) is 2.03. The van der Waals surface area contributed by atoms with Crippen LogP contribution in [0.1, 0.15) is 24.0 Å². The number of carbonyl (C=O) groups excluding carboxylic acids is 1. The third-order valence-corrected chi connectivity index (χ3v) is 3.65. The fourth-order valence-electron chi connectivity index (χ4n) is 2.34. The van der Waals surface area contributed by atoms with Crippen LogP contribution < -0.4 is 10.1 Å². The number of amides is 1. The second-order valence-electron chi connectivity index (χ2n) is 5.53. The van der Waals surface area contributed by atoms with E-state index in [0.717, 1.165) is 6.42 Å². The number of nitro benzene ring substituents is 1. The minimum absolute atomic E-state index is 0.164. The average Bonchev–Trinajstić information content (AvgIpc) is 2.56. The topological polar surface area (TPSA) is 81.5 Å². The van der Waals surface area contributed by atoms with E-state index >= 15 is 0 Å². The monoisotopic (exact) mass is 328 g/mol. The molecule has 0 unspecified atom stereocenters. The SMILES string of the molecule is COc1ccc(NC(=O)CCCc2ccc(C)cc2)cc1[N+](=O)[O-]. The van der Waals surface area contributed by atoms with Crippen molar-refractivity contribution in [1.29, 1.82) is 0 Å². The maximum Gasteiger partial charge on any atom is 0.312 e. The van der Waals surface area contributed by atoms with Gasteiger partial charge in [0.05, 0.1) is 12.0 Å². The first kappa shape index (κ1) is 17.5. The van der Waals surface area contributed by atoms with Crippen LogP contribution in [-0.2, 0) is 11.2 Å². The summed E-state index contributed by atoms with van der Waals surface area (Å²) in [7, 11) is 1.37. The van der Waals surface area contributed by atoms with Crippen molar-refractivity contribution in [2.45, 2.75) is 26.2 Å². The highest BCUT2D eigenvalue weighted by atomic mass is 16.6. The molecule has 6 nitrogen and oxygen atoms in total. The Morgan fingerprint density at radius 3 is 2.54 bits per heavy atom. The van der Waals surface area contributed by atoms with E-state index in [-0.39, 0.29) is 17.3 Å². The molecular formula is C18H20N2O4. The molecule has 2 rings (SSSR count). The molecule has 6 heteroatoms. The zero-order chi connectivity index (χ0) is 17.5. The largest absolute Gasteiger partial charge is 0.490 e. The number of carbonyl (C=O) groups is 1. The molecule has 0 spiro atoms. The Hall–Kier alpha value is -2.89. The molecule has 1 N–H and O–H groups in total. The first-order valence-electron chi connectivity index (χ1n) is 7.67. The molecule has 2 aromatic rings. The maximum absolute atomic E-state index is 12.0. The van der Waals surface area contributed by atoms with Gasteiger partial charge in [-0.2, -0.15) is 0 Å². The summed E-state index contributed by atoms with van der Waals surface area (Å²) in [5.74, 6) is -0.000975. The highest BCUT2D eigenvalue weighted by Gasteiger charge is 2.16. The van der Waals surface area contributed by atoms with E-state index in [9.17, 15) is 14.9 Å². The van der Waals surface area contributed by atoms with Gasteiger partial charge >= 0.3 is 5.69 Å². The number of anilines is 1. The van der Waals surface area contributed by atoms with Gasteiger partial charge in [0.15, 0.2) is 5.75 Å². The van der Waals surface area contributed by atoms with E-state index in [0.29, 0.717) is 18.5 Å². The van der Waals surface area contributed by atoms with Gasteiger partial charge in [0, 0.05) is 18.2 Å². The number of methoxy groups -OCH3 is 1. The molecule has 0 atom stereocenters. The van der Waals surface area contributed by atoms with Crippen LogP contribution >= 0.6 is 0 Å². The molecule has 0 saturated heterocycles. The molecule has 0 aliphatic heterocycles. The first-order valence-corrected chi connectivity index (χ1v) is 7.67. The van der Waals surface area contributed by atoms with Crippen LogP contribution in [0.3, 0.4) is 0 Å². The van der Waals surface area contributed by atoms with Crippen LogP contribution in [0, 0.1) is 17.0 Å². The minimum atomic E-state index is -0.536. The van der Waals surface area contributed by atoms with Crippen molar-refractivity contribution in [3.05, 3.63) is 63.7 Å². The predicted molar refractivity (Wildman–Crippen MR) is 92.4 cm³/mol.